The average molecular weight is 416 g/mol. The van der Waals surface area contributed by atoms with Crippen molar-refractivity contribution in [3.63, 3.8) is 0 Å². The molecular formula is C19H20N4O5S. The first-order valence-electron chi connectivity index (χ1n) is 8.74. The molecule has 0 bridgehead atoms. The van der Waals surface area contributed by atoms with Gasteiger partial charge in [-0.1, -0.05) is 23.4 Å². The first kappa shape index (κ1) is 20.3. The van der Waals surface area contributed by atoms with E-state index in [2.05, 4.69) is 15.2 Å². The van der Waals surface area contributed by atoms with E-state index in [1.54, 1.807) is 44.2 Å². The molecule has 2 N–H and O–H groups in total. The molecule has 0 aliphatic carbocycles. The Bertz CT molecular complexity index is 1120. The number of rotatable bonds is 7. The first-order chi connectivity index (χ1) is 13.7. The summed E-state index contributed by atoms with van der Waals surface area (Å²) in [4.78, 5) is 10.8. The molecule has 0 fully saturated rings. The standard InChI is InChI=1S/C19H20N4O5S/c1-12(19-13(2)21-28-14(19)3)20-17-10-9-16(11-18(17)23(24)25)29(26,27)22-15-7-5-4-6-8-15/h4-12,20,22H,1-3H3. The molecule has 10 heteroatoms. The number of hydrogen-bond donors (Lipinski definition) is 2. The lowest BCUT2D eigenvalue weighted by Crippen LogP contribution is -2.14. The highest BCUT2D eigenvalue weighted by Gasteiger charge is 2.24. The van der Waals surface area contributed by atoms with E-state index in [9.17, 15) is 18.5 Å². The number of hydrogen-bond acceptors (Lipinski definition) is 7. The van der Waals surface area contributed by atoms with Crippen LogP contribution in [-0.4, -0.2) is 18.5 Å². The molecular weight excluding hydrogens is 396 g/mol. The summed E-state index contributed by atoms with van der Waals surface area (Å²) in [6.07, 6.45) is 0. The van der Waals surface area contributed by atoms with Gasteiger partial charge in [0.15, 0.2) is 0 Å². The number of nitro groups is 1. The maximum atomic E-state index is 12.6. The summed E-state index contributed by atoms with van der Waals surface area (Å²) < 4.78 is 32.8. The molecule has 0 radical (unpaired) electrons. The summed E-state index contributed by atoms with van der Waals surface area (Å²) in [7, 11) is -3.98. The lowest BCUT2D eigenvalue weighted by atomic mass is 10.1. The van der Waals surface area contributed by atoms with Crippen LogP contribution in [0.5, 0.6) is 0 Å². The highest BCUT2D eigenvalue weighted by atomic mass is 32.2. The second kappa shape index (κ2) is 7.92. The van der Waals surface area contributed by atoms with Crippen molar-refractivity contribution in [1.82, 2.24) is 5.16 Å². The number of benzene rings is 2. The molecule has 0 spiro atoms. The average Bonchev–Trinajstić information content (AvgIpc) is 3.00. The van der Waals surface area contributed by atoms with Crippen molar-refractivity contribution in [2.45, 2.75) is 31.7 Å². The molecule has 1 atom stereocenters. The molecule has 1 heterocycles. The molecule has 1 aromatic heterocycles. The minimum atomic E-state index is -3.98. The van der Waals surface area contributed by atoms with Crippen LogP contribution in [0.1, 0.15) is 30.0 Å². The highest BCUT2D eigenvalue weighted by molar-refractivity contribution is 7.92. The van der Waals surface area contributed by atoms with Gasteiger partial charge < -0.3 is 9.84 Å². The van der Waals surface area contributed by atoms with Crippen molar-refractivity contribution in [3.8, 4) is 0 Å². The van der Waals surface area contributed by atoms with Gasteiger partial charge in [-0.2, -0.15) is 0 Å². The van der Waals surface area contributed by atoms with Gasteiger partial charge in [-0.05, 0) is 45.0 Å². The number of nitrogens with zero attached hydrogens (tertiary/aromatic N) is 2. The summed E-state index contributed by atoms with van der Waals surface area (Å²) in [5.74, 6) is 0.608. The highest BCUT2D eigenvalue weighted by Crippen LogP contribution is 2.32. The second-order valence-corrected chi connectivity index (χ2v) is 8.19. The smallest absolute Gasteiger partial charge is 0.293 e. The second-order valence-electron chi connectivity index (χ2n) is 6.51. The van der Waals surface area contributed by atoms with Gasteiger partial charge in [-0.25, -0.2) is 8.42 Å². The molecule has 0 saturated heterocycles. The van der Waals surface area contributed by atoms with E-state index in [-0.39, 0.29) is 22.3 Å². The zero-order valence-electron chi connectivity index (χ0n) is 16.0. The Morgan fingerprint density at radius 3 is 2.41 bits per heavy atom. The minimum absolute atomic E-state index is 0.196. The molecule has 2 aromatic carbocycles. The minimum Gasteiger partial charge on any atom is -0.373 e. The van der Waals surface area contributed by atoms with Gasteiger partial charge in [0, 0.05) is 17.3 Å². The number of aryl methyl sites for hydroxylation is 2. The Morgan fingerprint density at radius 1 is 1.14 bits per heavy atom. The first-order valence-corrected chi connectivity index (χ1v) is 10.2. The third kappa shape index (κ3) is 4.37. The fourth-order valence-electron chi connectivity index (χ4n) is 3.09. The van der Waals surface area contributed by atoms with Gasteiger partial charge in [0.2, 0.25) is 0 Å². The van der Waals surface area contributed by atoms with E-state index in [0.29, 0.717) is 17.1 Å². The monoisotopic (exact) mass is 416 g/mol. The largest absolute Gasteiger partial charge is 0.373 e. The normalized spacial score (nSPS) is 12.4. The molecule has 9 nitrogen and oxygen atoms in total. The van der Waals surface area contributed by atoms with E-state index in [4.69, 9.17) is 4.52 Å². The Labute approximate surface area is 167 Å². The van der Waals surface area contributed by atoms with Crippen molar-refractivity contribution >= 4 is 27.1 Å². The molecule has 0 aliphatic heterocycles. The van der Waals surface area contributed by atoms with Crippen LogP contribution in [0, 0.1) is 24.0 Å². The topological polar surface area (TPSA) is 127 Å². The number of aromatic nitrogens is 1. The quantitative estimate of drug-likeness (QED) is 0.437. The van der Waals surface area contributed by atoms with Crippen LogP contribution in [-0.2, 0) is 10.0 Å². The van der Waals surface area contributed by atoms with Crippen LogP contribution in [0.2, 0.25) is 0 Å². The van der Waals surface area contributed by atoms with Gasteiger partial charge >= 0.3 is 0 Å². The molecule has 152 valence electrons. The van der Waals surface area contributed by atoms with Gasteiger partial charge in [-0.3, -0.25) is 14.8 Å². The predicted molar refractivity (Wildman–Crippen MR) is 108 cm³/mol. The van der Waals surface area contributed by atoms with E-state index >= 15 is 0 Å². The van der Waals surface area contributed by atoms with Crippen molar-refractivity contribution < 1.29 is 17.9 Å². The summed E-state index contributed by atoms with van der Waals surface area (Å²) >= 11 is 0. The summed E-state index contributed by atoms with van der Waals surface area (Å²) in [5.41, 5.74) is 1.68. The molecule has 0 saturated carbocycles. The van der Waals surface area contributed by atoms with Crippen LogP contribution in [0.25, 0.3) is 0 Å². The van der Waals surface area contributed by atoms with Gasteiger partial charge in [0.05, 0.1) is 21.6 Å². The predicted octanol–water partition coefficient (Wildman–Crippen LogP) is 4.17. The Hall–Kier alpha value is -3.40. The summed E-state index contributed by atoms with van der Waals surface area (Å²) in [6.45, 7) is 5.36. The Morgan fingerprint density at radius 2 is 1.83 bits per heavy atom. The SMILES string of the molecule is Cc1noc(C)c1C(C)Nc1ccc(S(=O)(=O)Nc2ccccc2)cc1[N+](=O)[O-]. The number of para-hydroxylation sites is 1. The summed E-state index contributed by atoms with van der Waals surface area (Å²) in [6, 6.07) is 11.7. The fourth-order valence-corrected chi connectivity index (χ4v) is 4.16. The van der Waals surface area contributed by atoms with Crippen LogP contribution in [0.4, 0.5) is 17.1 Å². The molecule has 0 aliphatic rings. The third-order valence-corrected chi connectivity index (χ3v) is 5.77. The fraction of sp³-hybridized carbons (Fsp3) is 0.211. The Balaban J connectivity index is 1.92. The van der Waals surface area contributed by atoms with Gasteiger partial charge in [0.1, 0.15) is 11.4 Å². The molecule has 0 amide bonds. The van der Waals surface area contributed by atoms with E-state index < -0.39 is 14.9 Å². The van der Waals surface area contributed by atoms with E-state index in [1.807, 2.05) is 6.92 Å². The summed E-state index contributed by atoms with van der Waals surface area (Å²) in [5, 5.41) is 18.5. The number of sulfonamides is 1. The lowest BCUT2D eigenvalue weighted by Gasteiger charge is -2.16. The third-order valence-electron chi connectivity index (χ3n) is 4.40. The van der Waals surface area contributed by atoms with Gasteiger partial charge in [-0.15, -0.1) is 0 Å². The maximum Gasteiger partial charge on any atom is 0.293 e. The number of anilines is 2. The maximum absolute atomic E-state index is 12.6. The van der Waals surface area contributed by atoms with Crippen LogP contribution < -0.4 is 10.0 Å². The Kier molecular flexibility index (Phi) is 5.55. The van der Waals surface area contributed by atoms with Crippen LogP contribution >= 0.6 is 0 Å². The van der Waals surface area contributed by atoms with Gasteiger partial charge in [0.25, 0.3) is 15.7 Å². The lowest BCUT2D eigenvalue weighted by molar-refractivity contribution is -0.384. The zero-order valence-corrected chi connectivity index (χ0v) is 16.9. The van der Waals surface area contributed by atoms with Crippen LogP contribution in [0.3, 0.4) is 0 Å². The molecule has 29 heavy (non-hydrogen) atoms. The molecule has 3 rings (SSSR count). The van der Waals surface area contributed by atoms with Crippen LogP contribution in [0.15, 0.2) is 57.9 Å². The molecule has 3 aromatic rings. The number of nitro benzene ring substituents is 1. The zero-order chi connectivity index (χ0) is 21.2. The van der Waals surface area contributed by atoms with Crippen molar-refractivity contribution in [1.29, 1.82) is 0 Å². The van der Waals surface area contributed by atoms with Crippen molar-refractivity contribution in [2.24, 2.45) is 0 Å². The molecule has 1 unspecified atom stereocenters. The van der Waals surface area contributed by atoms with Crippen molar-refractivity contribution in [2.75, 3.05) is 10.0 Å². The van der Waals surface area contributed by atoms with Crippen molar-refractivity contribution in [3.05, 3.63) is 75.7 Å². The number of nitrogens with one attached hydrogen (secondary N) is 2. The van der Waals surface area contributed by atoms with E-state index in [1.165, 1.54) is 12.1 Å². The van der Waals surface area contributed by atoms with E-state index in [0.717, 1.165) is 11.6 Å².